The summed E-state index contributed by atoms with van der Waals surface area (Å²) in [6.45, 7) is 13.4. The van der Waals surface area contributed by atoms with Crippen LogP contribution in [0.1, 0.15) is 57.8 Å². The molecule has 1 fully saturated rings. The van der Waals surface area contributed by atoms with E-state index in [0.29, 0.717) is 12.6 Å². The first kappa shape index (κ1) is 27.5. The fourth-order valence-electron chi connectivity index (χ4n) is 4.20. The number of piperidine rings is 1. The lowest BCUT2D eigenvalue weighted by Gasteiger charge is -2.33. The van der Waals surface area contributed by atoms with Crippen molar-refractivity contribution in [2.45, 2.75) is 64.7 Å². The van der Waals surface area contributed by atoms with Crippen LogP contribution in [-0.2, 0) is 6.54 Å². The van der Waals surface area contributed by atoms with E-state index in [2.05, 4.69) is 96.0 Å². The second kappa shape index (κ2) is 13.9. The number of hydrogen-bond acceptors (Lipinski definition) is 4. The van der Waals surface area contributed by atoms with Gasteiger partial charge in [0.1, 0.15) is 0 Å². The number of halogens is 1. The zero-order valence-corrected chi connectivity index (χ0v) is 22.9. The largest absolute Gasteiger partial charge is 0.357 e. The van der Waals surface area contributed by atoms with Crippen LogP contribution in [0.2, 0.25) is 0 Å². The number of rotatable bonds is 9. The van der Waals surface area contributed by atoms with E-state index in [-0.39, 0.29) is 35.6 Å². The second-order valence-corrected chi connectivity index (χ2v) is 9.37. The topological polar surface area (TPSA) is 64.6 Å². The number of nitrogens with zero attached hydrogens (tertiary/aromatic N) is 3. The maximum absolute atomic E-state index is 4.92. The summed E-state index contributed by atoms with van der Waals surface area (Å²) < 4.78 is 0. The molecule has 0 radical (unpaired) electrons. The van der Waals surface area contributed by atoms with Crippen molar-refractivity contribution in [2.75, 3.05) is 26.2 Å². The zero-order valence-electron chi connectivity index (χ0n) is 20.6. The van der Waals surface area contributed by atoms with Gasteiger partial charge in [-0.15, -0.1) is 24.0 Å². The summed E-state index contributed by atoms with van der Waals surface area (Å²) in [4.78, 5) is 11.9. The molecule has 6 nitrogen and oxygen atoms in total. The molecule has 0 spiro atoms. The second-order valence-electron chi connectivity index (χ2n) is 9.37. The third kappa shape index (κ3) is 9.59. The number of hydrogen-bond donors (Lipinski definition) is 3. The van der Waals surface area contributed by atoms with E-state index >= 15 is 0 Å². The Morgan fingerprint density at radius 1 is 1.12 bits per heavy atom. The van der Waals surface area contributed by atoms with Crippen molar-refractivity contribution in [1.29, 1.82) is 0 Å². The third-order valence-electron chi connectivity index (χ3n) is 5.92. The van der Waals surface area contributed by atoms with E-state index in [1.54, 1.807) is 0 Å². The molecule has 1 aromatic carbocycles. The number of aromatic nitrogens is 1. The standard InChI is InChI=1S/C26H40N6.HI/c1-5-27-25(29-20-26(3,4)31-21(2)22-11-7-6-8-12-22)30-23-14-17-32(18-15-23)19-24-13-9-10-16-28-24;/h6-13,16,21,23,31H,5,14-15,17-20H2,1-4H3,(H2,27,29,30);1H. The van der Waals surface area contributed by atoms with Gasteiger partial charge in [-0.25, -0.2) is 0 Å². The predicted molar refractivity (Wildman–Crippen MR) is 149 cm³/mol. The van der Waals surface area contributed by atoms with E-state index in [1.165, 1.54) is 5.56 Å². The van der Waals surface area contributed by atoms with Gasteiger partial charge in [0, 0.05) is 50.0 Å². The van der Waals surface area contributed by atoms with Crippen molar-refractivity contribution >= 4 is 29.9 Å². The maximum Gasteiger partial charge on any atom is 0.191 e. The molecule has 0 saturated carbocycles. The lowest BCUT2D eigenvalue weighted by atomic mass is 10.0. The molecule has 1 saturated heterocycles. The molecule has 182 valence electrons. The lowest BCUT2D eigenvalue weighted by Crippen LogP contribution is -2.50. The molecular formula is C26H41IN6. The van der Waals surface area contributed by atoms with Crippen LogP contribution in [-0.4, -0.2) is 53.6 Å². The molecule has 33 heavy (non-hydrogen) atoms. The molecule has 1 aromatic heterocycles. The summed E-state index contributed by atoms with van der Waals surface area (Å²) in [5, 5.41) is 10.8. The zero-order chi connectivity index (χ0) is 22.8. The van der Waals surface area contributed by atoms with Crippen LogP contribution in [0.4, 0.5) is 0 Å². The van der Waals surface area contributed by atoms with Gasteiger partial charge in [0.05, 0.1) is 12.2 Å². The van der Waals surface area contributed by atoms with Crippen LogP contribution in [0, 0.1) is 0 Å². The highest BCUT2D eigenvalue weighted by atomic mass is 127. The van der Waals surface area contributed by atoms with Gasteiger partial charge in [0.2, 0.25) is 0 Å². The van der Waals surface area contributed by atoms with Gasteiger partial charge in [-0.3, -0.25) is 14.9 Å². The molecule has 1 atom stereocenters. The molecule has 1 aliphatic rings. The minimum absolute atomic E-state index is 0. The van der Waals surface area contributed by atoms with E-state index in [4.69, 9.17) is 4.99 Å². The van der Waals surface area contributed by atoms with Crippen LogP contribution < -0.4 is 16.0 Å². The Hall–Kier alpha value is -1.71. The van der Waals surface area contributed by atoms with Gasteiger partial charge < -0.3 is 16.0 Å². The van der Waals surface area contributed by atoms with Crippen LogP contribution in [0.15, 0.2) is 59.7 Å². The van der Waals surface area contributed by atoms with Crippen molar-refractivity contribution in [1.82, 2.24) is 25.8 Å². The Kier molecular flexibility index (Phi) is 11.6. The van der Waals surface area contributed by atoms with Gasteiger partial charge in [-0.05, 0) is 58.2 Å². The quantitative estimate of drug-likeness (QED) is 0.240. The van der Waals surface area contributed by atoms with Crippen LogP contribution in [0.5, 0.6) is 0 Å². The SMILES string of the molecule is CCNC(=NCC(C)(C)NC(C)c1ccccc1)NC1CCN(Cc2ccccn2)CC1.I. The first-order valence-electron chi connectivity index (χ1n) is 11.9. The molecule has 3 rings (SSSR count). The van der Waals surface area contributed by atoms with Crippen LogP contribution in [0.25, 0.3) is 0 Å². The average molecular weight is 565 g/mol. The highest BCUT2D eigenvalue weighted by Crippen LogP contribution is 2.17. The first-order chi connectivity index (χ1) is 15.4. The summed E-state index contributed by atoms with van der Waals surface area (Å²) in [6, 6.07) is 17.4. The van der Waals surface area contributed by atoms with Crippen molar-refractivity contribution < 1.29 is 0 Å². The molecule has 0 aliphatic carbocycles. The number of pyridine rings is 1. The highest BCUT2D eigenvalue weighted by molar-refractivity contribution is 14.0. The Labute approximate surface area is 217 Å². The molecule has 7 heteroatoms. The number of aliphatic imine (C=N–C) groups is 1. The summed E-state index contributed by atoms with van der Waals surface area (Å²) in [7, 11) is 0. The minimum atomic E-state index is -0.107. The summed E-state index contributed by atoms with van der Waals surface area (Å²) >= 11 is 0. The third-order valence-corrected chi connectivity index (χ3v) is 5.92. The number of nitrogens with one attached hydrogen (secondary N) is 3. The van der Waals surface area contributed by atoms with Crippen molar-refractivity contribution in [3.05, 3.63) is 66.0 Å². The Morgan fingerprint density at radius 3 is 2.45 bits per heavy atom. The maximum atomic E-state index is 4.92. The van der Waals surface area contributed by atoms with Crippen LogP contribution in [0.3, 0.4) is 0 Å². The fraction of sp³-hybridized carbons (Fsp3) is 0.538. The molecule has 2 heterocycles. The summed E-state index contributed by atoms with van der Waals surface area (Å²) in [5.74, 6) is 0.915. The summed E-state index contributed by atoms with van der Waals surface area (Å²) in [5.41, 5.74) is 2.34. The van der Waals surface area contributed by atoms with E-state index in [0.717, 1.165) is 50.7 Å². The van der Waals surface area contributed by atoms with Gasteiger partial charge in [-0.1, -0.05) is 36.4 Å². The molecule has 1 aliphatic heterocycles. The molecule has 0 amide bonds. The molecule has 0 bridgehead atoms. The van der Waals surface area contributed by atoms with Crippen molar-refractivity contribution in [3.63, 3.8) is 0 Å². The number of guanidine groups is 1. The average Bonchev–Trinajstić information content (AvgIpc) is 2.80. The lowest BCUT2D eigenvalue weighted by molar-refractivity contribution is 0.196. The fourth-order valence-corrected chi connectivity index (χ4v) is 4.20. The highest BCUT2D eigenvalue weighted by Gasteiger charge is 2.23. The molecule has 3 N–H and O–H groups in total. The van der Waals surface area contributed by atoms with Gasteiger partial charge in [-0.2, -0.15) is 0 Å². The minimum Gasteiger partial charge on any atom is -0.357 e. The molecule has 2 aromatic rings. The van der Waals surface area contributed by atoms with Crippen molar-refractivity contribution in [2.24, 2.45) is 4.99 Å². The predicted octanol–water partition coefficient (Wildman–Crippen LogP) is 4.35. The summed E-state index contributed by atoms with van der Waals surface area (Å²) in [6.07, 6.45) is 4.10. The van der Waals surface area contributed by atoms with Crippen molar-refractivity contribution in [3.8, 4) is 0 Å². The van der Waals surface area contributed by atoms with Gasteiger partial charge in [0.25, 0.3) is 0 Å². The Bertz CT molecular complexity index is 819. The van der Waals surface area contributed by atoms with Gasteiger partial charge in [0.15, 0.2) is 5.96 Å². The number of benzene rings is 1. The smallest absolute Gasteiger partial charge is 0.191 e. The van der Waals surface area contributed by atoms with Crippen LogP contribution >= 0.6 is 24.0 Å². The molecule has 1 unspecified atom stereocenters. The number of likely N-dealkylation sites (tertiary alicyclic amines) is 1. The van der Waals surface area contributed by atoms with Gasteiger partial charge >= 0.3 is 0 Å². The monoisotopic (exact) mass is 564 g/mol. The van der Waals surface area contributed by atoms with E-state index in [1.807, 2.05) is 12.3 Å². The molecular weight excluding hydrogens is 523 g/mol. The van der Waals surface area contributed by atoms with E-state index in [9.17, 15) is 0 Å². The normalized spacial score (nSPS) is 16.7. The van der Waals surface area contributed by atoms with E-state index < -0.39 is 0 Å². The Balaban J connectivity index is 0.00000385. The first-order valence-corrected chi connectivity index (χ1v) is 11.9. The Morgan fingerprint density at radius 2 is 1.82 bits per heavy atom.